The molecule has 1 aromatic rings. The van der Waals surface area contributed by atoms with Crippen molar-refractivity contribution in [2.75, 3.05) is 13.2 Å². The third-order valence-corrected chi connectivity index (χ3v) is 4.30. The standard InChI is InChI=1S/C14H19BrFNO/c1-10(12-8-11(15)2-3-13(12)16)17-9-14(4-5-14)6-7-18/h2-3,8,10,17-18H,4-7,9H2,1H3. The minimum Gasteiger partial charge on any atom is -0.396 e. The Labute approximate surface area is 116 Å². The van der Waals surface area contributed by atoms with Gasteiger partial charge in [0.05, 0.1) is 0 Å². The summed E-state index contributed by atoms with van der Waals surface area (Å²) >= 11 is 3.36. The number of aliphatic hydroxyl groups excluding tert-OH is 1. The fraction of sp³-hybridized carbons (Fsp3) is 0.571. The molecule has 1 unspecified atom stereocenters. The number of nitrogens with one attached hydrogen (secondary N) is 1. The molecule has 1 aliphatic rings. The average molecular weight is 316 g/mol. The lowest BCUT2D eigenvalue weighted by molar-refractivity contribution is 0.242. The van der Waals surface area contributed by atoms with Crippen molar-refractivity contribution in [2.24, 2.45) is 5.41 Å². The van der Waals surface area contributed by atoms with Crippen LogP contribution >= 0.6 is 15.9 Å². The molecular weight excluding hydrogens is 297 g/mol. The average Bonchev–Trinajstić information content (AvgIpc) is 3.10. The van der Waals surface area contributed by atoms with E-state index in [4.69, 9.17) is 5.11 Å². The summed E-state index contributed by atoms with van der Waals surface area (Å²) in [5.74, 6) is -0.176. The molecule has 4 heteroatoms. The van der Waals surface area contributed by atoms with Crippen LogP contribution in [-0.2, 0) is 0 Å². The summed E-state index contributed by atoms with van der Waals surface area (Å²) in [5.41, 5.74) is 0.940. The minimum absolute atomic E-state index is 0.0151. The summed E-state index contributed by atoms with van der Waals surface area (Å²) in [6.45, 7) is 3.06. The summed E-state index contributed by atoms with van der Waals surface area (Å²) in [5, 5.41) is 12.4. The van der Waals surface area contributed by atoms with Crippen molar-refractivity contribution >= 4 is 15.9 Å². The highest BCUT2D eigenvalue weighted by Crippen LogP contribution is 2.48. The van der Waals surface area contributed by atoms with E-state index in [1.807, 2.05) is 13.0 Å². The first kappa shape index (κ1) is 14.0. The highest BCUT2D eigenvalue weighted by atomic mass is 79.9. The van der Waals surface area contributed by atoms with E-state index in [1.54, 1.807) is 6.07 Å². The summed E-state index contributed by atoms with van der Waals surface area (Å²) in [6.07, 6.45) is 3.16. The first-order chi connectivity index (χ1) is 8.56. The topological polar surface area (TPSA) is 32.3 Å². The molecule has 0 amide bonds. The molecule has 2 N–H and O–H groups in total. The van der Waals surface area contributed by atoms with Gasteiger partial charge in [0.25, 0.3) is 0 Å². The van der Waals surface area contributed by atoms with Crippen molar-refractivity contribution in [1.82, 2.24) is 5.32 Å². The Morgan fingerprint density at radius 3 is 2.83 bits per heavy atom. The van der Waals surface area contributed by atoms with Crippen LogP contribution in [0, 0.1) is 11.2 Å². The predicted octanol–water partition coefficient (Wildman–Crippen LogP) is 3.40. The maximum atomic E-state index is 13.7. The molecule has 1 fully saturated rings. The van der Waals surface area contributed by atoms with Crippen molar-refractivity contribution in [1.29, 1.82) is 0 Å². The largest absolute Gasteiger partial charge is 0.396 e. The van der Waals surface area contributed by atoms with Crippen LogP contribution in [0.3, 0.4) is 0 Å². The van der Waals surface area contributed by atoms with Gasteiger partial charge in [-0.25, -0.2) is 4.39 Å². The highest BCUT2D eigenvalue weighted by Gasteiger charge is 2.41. The van der Waals surface area contributed by atoms with E-state index in [0.29, 0.717) is 5.56 Å². The summed E-state index contributed by atoms with van der Waals surface area (Å²) in [7, 11) is 0. The van der Waals surface area contributed by atoms with Gasteiger partial charge in [0.1, 0.15) is 5.82 Å². The van der Waals surface area contributed by atoms with E-state index in [2.05, 4.69) is 21.2 Å². The van der Waals surface area contributed by atoms with Gasteiger partial charge in [-0.05, 0) is 49.8 Å². The summed E-state index contributed by atoms with van der Waals surface area (Å²) < 4.78 is 14.6. The number of halogens is 2. The molecule has 1 aliphatic carbocycles. The third kappa shape index (κ3) is 3.31. The molecule has 0 radical (unpaired) electrons. The van der Waals surface area contributed by atoms with Crippen molar-refractivity contribution in [3.63, 3.8) is 0 Å². The fourth-order valence-corrected chi connectivity index (χ4v) is 2.63. The van der Waals surface area contributed by atoms with Gasteiger partial charge in [-0.3, -0.25) is 0 Å². The van der Waals surface area contributed by atoms with E-state index in [0.717, 1.165) is 30.3 Å². The van der Waals surface area contributed by atoms with Gasteiger partial charge in [-0.2, -0.15) is 0 Å². The molecule has 2 rings (SSSR count). The maximum absolute atomic E-state index is 13.7. The van der Waals surface area contributed by atoms with E-state index >= 15 is 0 Å². The lowest BCUT2D eigenvalue weighted by Crippen LogP contribution is -2.28. The predicted molar refractivity (Wildman–Crippen MR) is 73.9 cm³/mol. The van der Waals surface area contributed by atoms with Gasteiger partial charge in [-0.1, -0.05) is 15.9 Å². The van der Waals surface area contributed by atoms with Crippen molar-refractivity contribution < 1.29 is 9.50 Å². The van der Waals surface area contributed by atoms with Crippen LogP contribution in [-0.4, -0.2) is 18.3 Å². The molecule has 100 valence electrons. The second-order valence-corrected chi connectivity index (χ2v) is 6.16. The molecule has 1 aromatic carbocycles. The Morgan fingerprint density at radius 1 is 1.50 bits per heavy atom. The van der Waals surface area contributed by atoms with Crippen molar-refractivity contribution in [2.45, 2.75) is 32.2 Å². The normalized spacial score (nSPS) is 18.7. The van der Waals surface area contributed by atoms with Crippen LogP contribution < -0.4 is 5.32 Å². The first-order valence-electron chi connectivity index (χ1n) is 6.35. The van der Waals surface area contributed by atoms with E-state index in [9.17, 15) is 4.39 Å². The number of hydrogen-bond acceptors (Lipinski definition) is 2. The molecule has 2 nitrogen and oxygen atoms in total. The van der Waals surface area contributed by atoms with Gasteiger partial charge in [-0.15, -0.1) is 0 Å². The summed E-state index contributed by atoms with van der Waals surface area (Å²) in [4.78, 5) is 0. The second-order valence-electron chi connectivity index (χ2n) is 5.24. The molecule has 18 heavy (non-hydrogen) atoms. The van der Waals surface area contributed by atoms with E-state index in [-0.39, 0.29) is 23.9 Å². The number of rotatable bonds is 6. The second kappa shape index (κ2) is 5.68. The Morgan fingerprint density at radius 2 is 2.22 bits per heavy atom. The lowest BCUT2D eigenvalue weighted by atomic mass is 10.0. The number of aliphatic hydroxyl groups is 1. The van der Waals surface area contributed by atoms with Gasteiger partial charge in [0.2, 0.25) is 0 Å². The van der Waals surface area contributed by atoms with Gasteiger partial charge >= 0.3 is 0 Å². The third-order valence-electron chi connectivity index (χ3n) is 3.81. The van der Waals surface area contributed by atoms with Crippen LogP contribution in [0.4, 0.5) is 4.39 Å². The molecule has 0 bridgehead atoms. The maximum Gasteiger partial charge on any atom is 0.128 e. The van der Waals surface area contributed by atoms with Crippen LogP contribution in [0.5, 0.6) is 0 Å². The SMILES string of the molecule is CC(NCC1(CCO)CC1)c1cc(Br)ccc1F. The molecule has 0 heterocycles. The lowest BCUT2D eigenvalue weighted by Gasteiger charge is -2.20. The van der Waals surface area contributed by atoms with E-state index < -0.39 is 0 Å². The Hall–Kier alpha value is -0.450. The molecule has 0 aliphatic heterocycles. The Balaban J connectivity index is 1.95. The molecule has 1 atom stereocenters. The number of benzene rings is 1. The molecule has 1 saturated carbocycles. The monoisotopic (exact) mass is 315 g/mol. The fourth-order valence-electron chi connectivity index (χ4n) is 2.26. The number of hydrogen-bond donors (Lipinski definition) is 2. The molecule has 0 saturated heterocycles. The Kier molecular flexibility index (Phi) is 4.41. The van der Waals surface area contributed by atoms with Crippen LogP contribution in [0.1, 0.15) is 37.8 Å². The van der Waals surface area contributed by atoms with Crippen LogP contribution in [0.25, 0.3) is 0 Å². The Bertz CT molecular complexity index is 420. The van der Waals surface area contributed by atoms with Crippen LogP contribution in [0.2, 0.25) is 0 Å². The smallest absolute Gasteiger partial charge is 0.128 e. The molecular formula is C14H19BrFNO. The van der Waals surface area contributed by atoms with Gasteiger partial charge in [0.15, 0.2) is 0 Å². The molecule has 0 aromatic heterocycles. The zero-order valence-corrected chi connectivity index (χ0v) is 12.1. The molecule has 0 spiro atoms. The van der Waals surface area contributed by atoms with E-state index in [1.165, 1.54) is 6.07 Å². The van der Waals surface area contributed by atoms with Crippen LogP contribution in [0.15, 0.2) is 22.7 Å². The van der Waals surface area contributed by atoms with Gasteiger partial charge < -0.3 is 10.4 Å². The zero-order valence-electron chi connectivity index (χ0n) is 10.5. The first-order valence-corrected chi connectivity index (χ1v) is 7.15. The minimum atomic E-state index is -0.176. The highest BCUT2D eigenvalue weighted by molar-refractivity contribution is 9.10. The van der Waals surface area contributed by atoms with Gasteiger partial charge in [0, 0.05) is 29.2 Å². The zero-order chi connectivity index (χ0) is 13.2. The summed E-state index contributed by atoms with van der Waals surface area (Å²) in [6, 6.07) is 5.00. The quantitative estimate of drug-likeness (QED) is 0.843. The van der Waals surface area contributed by atoms with Crippen molar-refractivity contribution in [3.05, 3.63) is 34.1 Å². The van der Waals surface area contributed by atoms with Crippen molar-refractivity contribution in [3.8, 4) is 0 Å².